The molecule has 0 aliphatic heterocycles. The number of hydrogen-bond acceptors (Lipinski definition) is 4. The second-order valence-electron chi connectivity index (χ2n) is 6.93. The van der Waals surface area contributed by atoms with E-state index in [1.807, 2.05) is 67.0 Å². The molecule has 0 bridgehead atoms. The minimum atomic E-state index is -0.127. The van der Waals surface area contributed by atoms with Crippen molar-refractivity contribution in [2.45, 2.75) is 12.6 Å². The first-order valence-electron chi connectivity index (χ1n) is 9.50. The fourth-order valence-corrected chi connectivity index (χ4v) is 4.11. The van der Waals surface area contributed by atoms with Gasteiger partial charge in [-0.3, -0.25) is 4.79 Å². The number of rotatable bonds is 9. The summed E-state index contributed by atoms with van der Waals surface area (Å²) in [6.45, 7) is 1.09. The number of nitrogens with one attached hydrogen (secondary N) is 2. The summed E-state index contributed by atoms with van der Waals surface area (Å²) >= 11 is 1.65. The number of ether oxygens (including phenoxy) is 2. The Morgan fingerprint density at radius 2 is 1.79 bits per heavy atom. The van der Waals surface area contributed by atoms with E-state index in [1.165, 1.54) is 0 Å². The summed E-state index contributed by atoms with van der Waals surface area (Å²) in [5.41, 5.74) is 2.17. The molecule has 0 saturated carbocycles. The topological polar surface area (TPSA) is 52.0 Å². The maximum Gasteiger partial charge on any atom is 0.275 e. The number of likely N-dealkylation sites (N-methyl/N-ethyl adjacent to an activating group) is 1. The average molecular weight is 412 g/mol. The standard InChI is InChI=1S/C23H26N2O3S/c1-25(15-17-11-12-19(27-2)20(14-17)28-3)16-22(26)24-23(21-10-7-13-29-21)18-8-5-4-6-9-18/h4-14,23H,15-16H2,1-3H3,(H,24,26)/p+1/t23-/m0/s1. The molecule has 2 atom stereocenters. The summed E-state index contributed by atoms with van der Waals surface area (Å²) in [5.74, 6) is 1.42. The Morgan fingerprint density at radius 1 is 1.03 bits per heavy atom. The molecule has 0 aliphatic rings. The molecule has 1 unspecified atom stereocenters. The molecule has 1 aromatic heterocycles. The second-order valence-corrected chi connectivity index (χ2v) is 7.91. The van der Waals surface area contributed by atoms with E-state index < -0.39 is 0 Å². The lowest BCUT2D eigenvalue weighted by molar-refractivity contribution is -0.885. The Balaban J connectivity index is 1.64. The van der Waals surface area contributed by atoms with Crippen molar-refractivity contribution in [3.8, 4) is 11.5 Å². The van der Waals surface area contributed by atoms with Crippen molar-refractivity contribution >= 4 is 17.2 Å². The average Bonchev–Trinajstić information content (AvgIpc) is 3.27. The lowest BCUT2D eigenvalue weighted by Gasteiger charge is -2.20. The van der Waals surface area contributed by atoms with E-state index in [-0.39, 0.29) is 11.9 Å². The Morgan fingerprint density at radius 3 is 2.45 bits per heavy atom. The van der Waals surface area contributed by atoms with Gasteiger partial charge in [0.2, 0.25) is 0 Å². The Kier molecular flexibility index (Phi) is 7.27. The number of benzene rings is 2. The molecule has 0 saturated heterocycles. The predicted molar refractivity (Wildman–Crippen MR) is 116 cm³/mol. The Bertz CT molecular complexity index is 913. The van der Waals surface area contributed by atoms with Crippen LogP contribution in [0, 0.1) is 0 Å². The monoisotopic (exact) mass is 411 g/mol. The maximum absolute atomic E-state index is 12.8. The zero-order chi connectivity index (χ0) is 20.6. The third-order valence-corrected chi connectivity index (χ3v) is 5.62. The van der Waals surface area contributed by atoms with Gasteiger partial charge in [-0.05, 0) is 35.2 Å². The van der Waals surface area contributed by atoms with Crippen LogP contribution < -0.4 is 19.7 Å². The highest BCUT2D eigenvalue weighted by Gasteiger charge is 2.20. The fraction of sp³-hybridized carbons (Fsp3) is 0.261. The van der Waals surface area contributed by atoms with Gasteiger partial charge in [-0.25, -0.2) is 0 Å². The smallest absolute Gasteiger partial charge is 0.275 e. The lowest BCUT2D eigenvalue weighted by Crippen LogP contribution is -3.08. The largest absolute Gasteiger partial charge is 0.493 e. The van der Waals surface area contributed by atoms with Crippen LogP contribution in [0.3, 0.4) is 0 Å². The zero-order valence-electron chi connectivity index (χ0n) is 17.0. The number of quaternary nitrogens is 1. The quantitative estimate of drug-likeness (QED) is 0.569. The SMILES string of the molecule is COc1ccc(C[NH+](C)CC(=O)N[C@@H](c2ccccc2)c2cccs2)cc1OC. The number of amides is 1. The van der Waals surface area contributed by atoms with Crippen molar-refractivity contribution in [1.82, 2.24) is 5.32 Å². The van der Waals surface area contributed by atoms with Crippen molar-refractivity contribution < 1.29 is 19.2 Å². The highest BCUT2D eigenvalue weighted by atomic mass is 32.1. The van der Waals surface area contributed by atoms with Crippen molar-refractivity contribution in [1.29, 1.82) is 0 Å². The Hall–Kier alpha value is -2.83. The third-order valence-electron chi connectivity index (χ3n) is 4.68. The normalized spacial score (nSPS) is 12.8. The third kappa shape index (κ3) is 5.59. The van der Waals surface area contributed by atoms with E-state index in [0.29, 0.717) is 24.6 Å². The van der Waals surface area contributed by atoms with E-state index in [9.17, 15) is 4.79 Å². The van der Waals surface area contributed by atoms with Crippen molar-refractivity contribution in [2.24, 2.45) is 0 Å². The van der Waals surface area contributed by atoms with Gasteiger partial charge < -0.3 is 19.7 Å². The van der Waals surface area contributed by atoms with Gasteiger partial charge in [0.15, 0.2) is 18.0 Å². The van der Waals surface area contributed by atoms with Crippen LogP contribution in [-0.4, -0.2) is 33.7 Å². The molecule has 29 heavy (non-hydrogen) atoms. The van der Waals surface area contributed by atoms with Crippen molar-refractivity contribution in [3.05, 3.63) is 82.0 Å². The predicted octanol–water partition coefficient (Wildman–Crippen LogP) is 2.69. The fourth-order valence-electron chi connectivity index (χ4n) is 3.31. The summed E-state index contributed by atoms with van der Waals surface area (Å²) in [7, 11) is 5.26. The molecular weight excluding hydrogens is 384 g/mol. The highest BCUT2D eigenvalue weighted by molar-refractivity contribution is 7.10. The van der Waals surface area contributed by atoms with Crippen LogP contribution in [0.1, 0.15) is 22.0 Å². The van der Waals surface area contributed by atoms with E-state index in [1.54, 1.807) is 25.6 Å². The number of carbonyl (C=O) groups is 1. The van der Waals surface area contributed by atoms with Crippen molar-refractivity contribution in [3.63, 3.8) is 0 Å². The van der Waals surface area contributed by atoms with Crippen LogP contribution in [0.25, 0.3) is 0 Å². The van der Waals surface area contributed by atoms with E-state index in [0.717, 1.165) is 20.9 Å². The summed E-state index contributed by atoms with van der Waals surface area (Å²) in [6, 6.07) is 19.9. The van der Waals surface area contributed by atoms with E-state index in [4.69, 9.17) is 9.47 Å². The van der Waals surface area contributed by atoms with Gasteiger partial charge in [0, 0.05) is 10.4 Å². The van der Waals surface area contributed by atoms with Gasteiger partial charge in [-0.2, -0.15) is 0 Å². The van der Waals surface area contributed by atoms with Crippen LogP contribution in [0.5, 0.6) is 11.5 Å². The maximum atomic E-state index is 12.8. The van der Waals surface area contributed by atoms with Crippen LogP contribution in [0.15, 0.2) is 66.0 Å². The van der Waals surface area contributed by atoms with Gasteiger partial charge in [-0.15, -0.1) is 11.3 Å². The molecule has 6 heteroatoms. The molecule has 0 spiro atoms. The first-order chi connectivity index (χ1) is 14.1. The first-order valence-corrected chi connectivity index (χ1v) is 10.4. The summed E-state index contributed by atoms with van der Waals surface area (Å²) in [5, 5.41) is 5.23. The number of carbonyl (C=O) groups excluding carboxylic acids is 1. The van der Waals surface area contributed by atoms with Crippen LogP contribution >= 0.6 is 11.3 Å². The molecule has 3 rings (SSSR count). The van der Waals surface area contributed by atoms with E-state index in [2.05, 4.69) is 11.4 Å². The molecule has 2 aromatic carbocycles. The lowest BCUT2D eigenvalue weighted by atomic mass is 10.1. The zero-order valence-corrected chi connectivity index (χ0v) is 17.8. The van der Waals surface area contributed by atoms with Crippen molar-refractivity contribution in [2.75, 3.05) is 27.8 Å². The molecule has 152 valence electrons. The number of methoxy groups -OCH3 is 2. The summed E-state index contributed by atoms with van der Waals surface area (Å²) in [6.07, 6.45) is 0. The molecule has 1 heterocycles. The summed E-state index contributed by atoms with van der Waals surface area (Å²) < 4.78 is 10.7. The van der Waals surface area contributed by atoms with Gasteiger partial charge in [0.25, 0.3) is 5.91 Å². The van der Waals surface area contributed by atoms with E-state index >= 15 is 0 Å². The van der Waals surface area contributed by atoms with Crippen LogP contribution in [0.4, 0.5) is 0 Å². The molecule has 5 nitrogen and oxygen atoms in total. The highest BCUT2D eigenvalue weighted by Crippen LogP contribution is 2.27. The summed E-state index contributed by atoms with van der Waals surface area (Å²) in [4.78, 5) is 15.0. The molecule has 3 aromatic rings. The minimum Gasteiger partial charge on any atom is -0.493 e. The minimum absolute atomic E-state index is 0.0187. The molecular formula is C23H27N2O3S+. The van der Waals surface area contributed by atoms with Crippen LogP contribution in [-0.2, 0) is 11.3 Å². The molecule has 0 aliphatic carbocycles. The molecule has 0 radical (unpaired) electrons. The Labute approximate surface area is 175 Å². The van der Waals surface area contributed by atoms with Gasteiger partial charge >= 0.3 is 0 Å². The van der Waals surface area contributed by atoms with Crippen LogP contribution in [0.2, 0.25) is 0 Å². The number of hydrogen-bond donors (Lipinski definition) is 2. The number of thiophene rings is 1. The van der Waals surface area contributed by atoms with Gasteiger partial charge in [0.1, 0.15) is 6.54 Å². The van der Waals surface area contributed by atoms with Gasteiger partial charge in [-0.1, -0.05) is 36.4 Å². The molecule has 1 amide bonds. The first kappa shape index (κ1) is 20.9. The molecule has 0 fully saturated rings. The second kappa shape index (κ2) is 10.1. The molecule has 2 N–H and O–H groups in total. The van der Waals surface area contributed by atoms with Gasteiger partial charge in [0.05, 0.1) is 27.3 Å².